The highest BCUT2D eigenvalue weighted by Gasteiger charge is 2.18. The molecule has 1 aliphatic rings. The monoisotopic (exact) mass is 302 g/mol. The zero-order valence-electron chi connectivity index (χ0n) is 10.2. The van der Waals surface area contributed by atoms with Gasteiger partial charge in [-0.1, -0.05) is 41.7 Å². The molecule has 0 saturated carbocycles. The highest BCUT2D eigenvalue weighted by Crippen LogP contribution is 2.32. The Balaban J connectivity index is 2.20. The molecule has 1 aromatic carbocycles. The average molecular weight is 302 g/mol. The van der Waals surface area contributed by atoms with Crippen LogP contribution in [-0.2, 0) is 4.79 Å². The molecule has 0 aliphatic heterocycles. The van der Waals surface area contributed by atoms with Crippen LogP contribution in [0.2, 0.25) is 0 Å². The summed E-state index contributed by atoms with van der Waals surface area (Å²) < 4.78 is 1.38. The molecule has 0 bridgehead atoms. The first-order valence-electron chi connectivity index (χ1n) is 5.81. The summed E-state index contributed by atoms with van der Waals surface area (Å²) in [5, 5.41) is 9.89. The first-order chi connectivity index (χ1) is 9.58. The van der Waals surface area contributed by atoms with E-state index in [1.165, 1.54) is 6.08 Å². The molecule has 4 nitrogen and oxygen atoms in total. The molecule has 0 unspecified atom stereocenters. The summed E-state index contributed by atoms with van der Waals surface area (Å²) in [5.74, 6) is 5.34. The van der Waals surface area contributed by atoms with Crippen molar-refractivity contribution in [2.75, 3.05) is 5.84 Å². The molecule has 2 aromatic rings. The standard InChI is InChI=1S/C14H10N2O2S2/c15-16-13(18)12(20-14(16)19)7-10-9-4-2-1-3-8(9)5-6-11(10)17/h1-7,18H,15H2/b10-7+. The molecule has 1 aromatic heterocycles. The number of hydrogen-bond donors (Lipinski definition) is 2. The topological polar surface area (TPSA) is 68.2 Å². The first kappa shape index (κ1) is 12.8. The van der Waals surface area contributed by atoms with Crippen molar-refractivity contribution in [2.45, 2.75) is 0 Å². The van der Waals surface area contributed by atoms with Gasteiger partial charge in [0.05, 0.1) is 4.88 Å². The summed E-state index contributed by atoms with van der Waals surface area (Å²) in [7, 11) is 0. The average Bonchev–Trinajstić information content (AvgIpc) is 2.69. The summed E-state index contributed by atoms with van der Waals surface area (Å²) in [6.45, 7) is 0. The predicted molar refractivity (Wildman–Crippen MR) is 83.3 cm³/mol. The summed E-state index contributed by atoms with van der Waals surface area (Å²) in [4.78, 5) is 12.5. The molecule has 0 atom stereocenters. The van der Waals surface area contributed by atoms with Gasteiger partial charge in [0.2, 0.25) is 5.88 Å². The smallest absolute Gasteiger partial charge is 0.229 e. The zero-order chi connectivity index (χ0) is 14.3. The quantitative estimate of drug-likeness (QED) is 0.483. The summed E-state index contributed by atoms with van der Waals surface area (Å²) in [6, 6.07) is 7.59. The van der Waals surface area contributed by atoms with Gasteiger partial charge in [-0.25, -0.2) is 4.68 Å². The molecule has 0 saturated heterocycles. The second-order valence-electron chi connectivity index (χ2n) is 4.27. The van der Waals surface area contributed by atoms with Crippen LogP contribution in [0.25, 0.3) is 17.7 Å². The maximum Gasteiger partial charge on any atom is 0.229 e. The number of carbonyl (C=O) groups is 1. The van der Waals surface area contributed by atoms with Crippen molar-refractivity contribution in [1.82, 2.24) is 4.68 Å². The zero-order valence-corrected chi connectivity index (χ0v) is 11.9. The van der Waals surface area contributed by atoms with Crippen LogP contribution in [0.1, 0.15) is 16.0 Å². The molecule has 0 amide bonds. The maximum atomic E-state index is 12.1. The highest BCUT2D eigenvalue weighted by atomic mass is 32.1. The van der Waals surface area contributed by atoms with Crippen LogP contribution in [-0.4, -0.2) is 15.6 Å². The molecule has 1 heterocycles. The minimum atomic E-state index is -0.132. The van der Waals surface area contributed by atoms with E-state index < -0.39 is 0 Å². The van der Waals surface area contributed by atoms with E-state index in [-0.39, 0.29) is 11.7 Å². The van der Waals surface area contributed by atoms with E-state index in [1.807, 2.05) is 24.3 Å². The van der Waals surface area contributed by atoms with Crippen molar-refractivity contribution < 1.29 is 9.90 Å². The highest BCUT2D eigenvalue weighted by molar-refractivity contribution is 7.73. The molecular formula is C14H10N2O2S2. The molecule has 0 radical (unpaired) electrons. The second-order valence-corrected chi connectivity index (χ2v) is 5.94. The van der Waals surface area contributed by atoms with Crippen LogP contribution in [0.4, 0.5) is 0 Å². The van der Waals surface area contributed by atoms with Crippen molar-refractivity contribution in [1.29, 1.82) is 0 Å². The van der Waals surface area contributed by atoms with E-state index in [9.17, 15) is 9.90 Å². The van der Waals surface area contributed by atoms with E-state index in [2.05, 4.69) is 0 Å². The van der Waals surface area contributed by atoms with Crippen molar-refractivity contribution >= 4 is 47.1 Å². The SMILES string of the molecule is Nn1c(O)c(/C=C2/C(=O)C=Cc3ccccc32)sc1=S. The lowest BCUT2D eigenvalue weighted by Crippen LogP contribution is -2.06. The van der Waals surface area contributed by atoms with Gasteiger partial charge in [-0.2, -0.15) is 0 Å². The number of allylic oxidation sites excluding steroid dienone is 2. The third-order valence-electron chi connectivity index (χ3n) is 3.05. The van der Waals surface area contributed by atoms with Crippen LogP contribution < -0.4 is 5.84 Å². The summed E-state index contributed by atoms with van der Waals surface area (Å²) in [6.07, 6.45) is 4.93. The third-order valence-corrected chi connectivity index (χ3v) is 4.39. The van der Waals surface area contributed by atoms with Gasteiger partial charge >= 0.3 is 0 Å². The van der Waals surface area contributed by atoms with Gasteiger partial charge in [0.15, 0.2) is 9.74 Å². The summed E-state index contributed by atoms with van der Waals surface area (Å²) in [5.41, 5.74) is 2.33. The number of nitrogens with zero attached hydrogens (tertiary/aromatic N) is 1. The fourth-order valence-corrected chi connectivity index (χ4v) is 3.14. The van der Waals surface area contributed by atoms with Gasteiger partial charge in [0, 0.05) is 5.57 Å². The number of ketones is 1. The van der Waals surface area contributed by atoms with Gasteiger partial charge in [-0.3, -0.25) is 4.79 Å². The minimum absolute atomic E-state index is 0.106. The van der Waals surface area contributed by atoms with E-state index >= 15 is 0 Å². The van der Waals surface area contributed by atoms with Crippen LogP contribution >= 0.6 is 23.6 Å². The number of nitrogen functional groups attached to an aromatic ring is 1. The lowest BCUT2D eigenvalue weighted by molar-refractivity contribution is -0.109. The second kappa shape index (κ2) is 4.73. The molecule has 6 heteroatoms. The molecule has 0 fully saturated rings. The molecule has 3 N–H and O–H groups in total. The Labute approximate surface area is 124 Å². The van der Waals surface area contributed by atoms with Gasteiger partial charge in [-0.15, -0.1) is 0 Å². The Morgan fingerprint density at radius 3 is 2.75 bits per heavy atom. The lowest BCUT2D eigenvalue weighted by atomic mass is 9.91. The number of nitrogens with two attached hydrogens (primary N) is 1. The van der Waals surface area contributed by atoms with E-state index in [0.29, 0.717) is 14.4 Å². The predicted octanol–water partition coefficient (Wildman–Crippen LogP) is 2.83. The fourth-order valence-electron chi connectivity index (χ4n) is 2.04. The number of thiazole rings is 1. The number of fused-ring (bicyclic) bond motifs is 1. The summed E-state index contributed by atoms with van der Waals surface area (Å²) >= 11 is 6.17. The van der Waals surface area contributed by atoms with Crippen molar-refractivity contribution in [2.24, 2.45) is 0 Å². The number of rotatable bonds is 1. The van der Waals surface area contributed by atoms with Crippen LogP contribution in [0.15, 0.2) is 30.3 Å². The number of aromatic hydroxyl groups is 1. The Morgan fingerprint density at radius 2 is 2.05 bits per heavy atom. The van der Waals surface area contributed by atoms with Crippen LogP contribution in [0.5, 0.6) is 5.88 Å². The van der Waals surface area contributed by atoms with Gasteiger partial charge in [0.25, 0.3) is 0 Å². The number of benzene rings is 1. The van der Waals surface area contributed by atoms with Crippen LogP contribution in [0, 0.1) is 3.95 Å². The van der Waals surface area contributed by atoms with Gasteiger partial charge < -0.3 is 10.9 Å². The third kappa shape index (κ3) is 1.99. The van der Waals surface area contributed by atoms with E-state index in [1.54, 1.807) is 12.2 Å². The number of hydrogen-bond acceptors (Lipinski definition) is 5. The fraction of sp³-hybridized carbons (Fsp3) is 0. The Morgan fingerprint density at radius 1 is 1.30 bits per heavy atom. The Hall–Kier alpha value is -2.18. The van der Waals surface area contributed by atoms with Crippen molar-refractivity contribution in [3.05, 3.63) is 50.3 Å². The number of carbonyl (C=O) groups excluding carboxylic acids is 1. The van der Waals surface area contributed by atoms with Gasteiger partial charge in [0.1, 0.15) is 0 Å². The molecule has 1 aliphatic carbocycles. The Bertz CT molecular complexity index is 828. The molecular weight excluding hydrogens is 292 g/mol. The van der Waals surface area contributed by atoms with E-state index in [0.717, 1.165) is 27.1 Å². The maximum absolute atomic E-state index is 12.1. The molecule has 100 valence electrons. The molecule has 0 spiro atoms. The minimum Gasteiger partial charge on any atom is -0.492 e. The van der Waals surface area contributed by atoms with Crippen molar-refractivity contribution in [3.63, 3.8) is 0 Å². The lowest BCUT2D eigenvalue weighted by Gasteiger charge is -2.12. The van der Waals surface area contributed by atoms with E-state index in [4.69, 9.17) is 18.1 Å². The Kier molecular flexibility index (Phi) is 3.04. The molecule has 20 heavy (non-hydrogen) atoms. The normalized spacial score (nSPS) is 15.6. The van der Waals surface area contributed by atoms with Gasteiger partial charge in [-0.05, 0) is 35.5 Å². The van der Waals surface area contributed by atoms with Crippen molar-refractivity contribution in [3.8, 4) is 5.88 Å². The molecule has 3 rings (SSSR count). The number of aromatic nitrogens is 1. The van der Waals surface area contributed by atoms with Crippen LogP contribution in [0.3, 0.4) is 0 Å². The first-order valence-corrected chi connectivity index (χ1v) is 7.04. The largest absolute Gasteiger partial charge is 0.492 e.